The van der Waals surface area contributed by atoms with Crippen LogP contribution in [0.5, 0.6) is 0 Å². The van der Waals surface area contributed by atoms with Crippen molar-refractivity contribution in [3.05, 3.63) is 29.8 Å². The van der Waals surface area contributed by atoms with Crippen LogP contribution in [0.2, 0.25) is 0 Å². The second kappa shape index (κ2) is 5.61. The molecule has 4 heteroatoms. The maximum Gasteiger partial charge on any atom is 0.254 e. The number of benzene rings is 1. The summed E-state index contributed by atoms with van der Waals surface area (Å²) in [6.07, 6.45) is 0.211. The van der Waals surface area contributed by atoms with E-state index in [1.165, 1.54) is 0 Å². The molecule has 104 valence electrons. The Balaban J connectivity index is 2.10. The second-order valence-electron chi connectivity index (χ2n) is 5.41. The summed E-state index contributed by atoms with van der Waals surface area (Å²) in [5.41, 5.74) is 1.84. The van der Waals surface area contributed by atoms with E-state index in [1.807, 2.05) is 62.0 Å². The van der Waals surface area contributed by atoms with E-state index in [2.05, 4.69) is 0 Å². The number of carbonyl (C=O) groups is 1. The topological polar surface area (TPSA) is 32.8 Å². The van der Waals surface area contributed by atoms with E-state index < -0.39 is 0 Å². The van der Waals surface area contributed by atoms with Gasteiger partial charge in [0.05, 0.1) is 12.2 Å². The van der Waals surface area contributed by atoms with Gasteiger partial charge in [-0.15, -0.1) is 0 Å². The van der Waals surface area contributed by atoms with Gasteiger partial charge < -0.3 is 14.5 Å². The zero-order chi connectivity index (χ0) is 14.0. The Morgan fingerprint density at radius 2 is 1.68 bits per heavy atom. The lowest BCUT2D eigenvalue weighted by Crippen LogP contribution is -2.48. The number of morpholine rings is 1. The molecule has 1 aromatic rings. The highest BCUT2D eigenvalue weighted by atomic mass is 16.5. The summed E-state index contributed by atoms with van der Waals surface area (Å²) >= 11 is 0. The molecule has 1 fully saturated rings. The monoisotopic (exact) mass is 262 g/mol. The molecule has 1 saturated heterocycles. The predicted octanol–water partition coefficient (Wildman–Crippen LogP) is 2.00. The molecule has 0 spiro atoms. The van der Waals surface area contributed by atoms with Gasteiger partial charge in [0.2, 0.25) is 0 Å². The van der Waals surface area contributed by atoms with Crippen LogP contribution in [-0.4, -0.2) is 50.2 Å². The summed E-state index contributed by atoms with van der Waals surface area (Å²) in [6, 6.07) is 7.73. The van der Waals surface area contributed by atoms with E-state index in [-0.39, 0.29) is 18.1 Å². The molecule has 0 bridgehead atoms. The van der Waals surface area contributed by atoms with Gasteiger partial charge in [-0.05, 0) is 38.1 Å². The molecule has 4 nitrogen and oxygen atoms in total. The molecule has 1 aliphatic rings. The van der Waals surface area contributed by atoms with Crippen molar-refractivity contribution in [2.45, 2.75) is 26.1 Å². The molecule has 1 aliphatic heterocycles. The van der Waals surface area contributed by atoms with Crippen molar-refractivity contribution >= 4 is 11.6 Å². The van der Waals surface area contributed by atoms with Crippen LogP contribution in [-0.2, 0) is 4.74 Å². The maximum atomic E-state index is 12.4. The Hall–Kier alpha value is -1.55. The number of amides is 1. The maximum absolute atomic E-state index is 12.4. The minimum absolute atomic E-state index is 0.0901. The van der Waals surface area contributed by atoms with E-state index in [0.29, 0.717) is 13.1 Å². The van der Waals surface area contributed by atoms with Crippen molar-refractivity contribution < 1.29 is 9.53 Å². The van der Waals surface area contributed by atoms with Crippen molar-refractivity contribution in [2.24, 2.45) is 0 Å². The van der Waals surface area contributed by atoms with Gasteiger partial charge in [-0.25, -0.2) is 0 Å². The van der Waals surface area contributed by atoms with E-state index in [9.17, 15) is 4.79 Å². The lowest BCUT2D eigenvalue weighted by molar-refractivity contribution is -0.0586. The molecular weight excluding hydrogens is 240 g/mol. The number of nitrogens with zero attached hydrogens (tertiary/aromatic N) is 2. The fraction of sp³-hybridized carbons (Fsp3) is 0.533. The van der Waals surface area contributed by atoms with E-state index >= 15 is 0 Å². The summed E-state index contributed by atoms with van der Waals surface area (Å²) in [7, 11) is 3.98. The normalized spacial score (nSPS) is 23.3. The fourth-order valence-electron chi connectivity index (χ4n) is 2.43. The first-order valence-electron chi connectivity index (χ1n) is 6.69. The standard InChI is InChI=1S/C15H22N2O2/c1-11-9-17(10-12(2)19-11)15(18)13-5-7-14(8-6-13)16(3)4/h5-8,11-12H,9-10H2,1-4H3/t11-,12-/m1/s1. The van der Waals surface area contributed by atoms with Gasteiger partial charge in [0.25, 0.3) is 5.91 Å². The molecule has 2 rings (SSSR count). The van der Waals surface area contributed by atoms with Crippen LogP contribution in [0.4, 0.5) is 5.69 Å². The Labute approximate surface area is 115 Å². The molecular formula is C15H22N2O2. The van der Waals surface area contributed by atoms with Crippen molar-refractivity contribution in [1.29, 1.82) is 0 Å². The highest BCUT2D eigenvalue weighted by Crippen LogP contribution is 2.17. The van der Waals surface area contributed by atoms with E-state index in [4.69, 9.17) is 4.74 Å². The number of hydrogen-bond acceptors (Lipinski definition) is 3. The van der Waals surface area contributed by atoms with Gasteiger partial charge in [0.15, 0.2) is 0 Å². The second-order valence-corrected chi connectivity index (χ2v) is 5.41. The van der Waals surface area contributed by atoms with Gasteiger partial charge >= 0.3 is 0 Å². The highest BCUT2D eigenvalue weighted by Gasteiger charge is 2.26. The molecule has 0 aliphatic carbocycles. The van der Waals surface area contributed by atoms with Crippen LogP contribution >= 0.6 is 0 Å². The first kappa shape index (κ1) is 13.9. The van der Waals surface area contributed by atoms with Crippen molar-refractivity contribution in [2.75, 3.05) is 32.1 Å². The third-order valence-electron chi connectivity index (χ3n) is 3.34. The zero-order valence-electron chi connectivity index (χ0n) is 12.1. The van der Waals surface area contributed by atoms with Crippen LogP contribution in [0, 0.1) is 0 Å². The van der Waals surface area contributed by atoms with Gasteiger partial charge in [-0.2, -0.15) is 0 Å². The predicted molar refractivity (Wildman–Crippen MR) is 76.7 cm³/mol. The number of hydrogen-bond donors (Lipinski definition) is 0. The minimum atomic E-state index is 0.0901. The molecule has 19 heavy (non-hydrogen) atoms. The summed E-state index contributed by atoms with van der Waals surface area (Å²) in [5.74, 6) is 0.0901. The number of rotatable bonds is 2. The summed E-state index contributed by atoms with van der Waals surface area (Å²) in [6.45, 7) is 5.34. The van der Waals surface area contributed by atoms with Crippen LogP contribution in [0.3, 0.4) is 0 Å². The van der Waals surface area contributed by atoms with Crippen molar-refractivity contribution in [3.8, 4) is 0 Å². The lowest BCUT2D eigenvalue weighted by Gasteiger charge is -2.35. The molecule has 0 unspecified atom stereocenters. The average molecular weight is 262 g/mol. The third-order valence-corrected chi connectivity index (χ3v) is 3.34. The number of anilines is 1. The molecule has 0 saturated carbocycles. The third kappa shape index (κ3) is 3.26. The lowest BCUT2D eigenvalue weighted by atomic mass is 10.1. The first-order chi connectivity index (χ1) is 8.97. The highest BCUT2D eigenvalue weighted by molar-refractivity contribution is 5.94. The molecule has 0 aromatic heterocycles. The Morgan fingerprint density at radius 1 is 1.16 bits per heavy atom. The largest absolute Gasteiger partial charge is 0.378 e. The molecule has 0 N–H and O–H groups in total. The summed E-state index contributed by atoms with van der Waals surface area (Å²) in [5, 5.41) is 0. The molecule has 1 heterocycles. The first-order valence-corrected chi connectivity index (χ1v) is 6.69. The quantitative estimate of drug-likeness (QED) is 0.817. The molecule has 2 atom stereocenters. The fourth-order valence-corrected chi connectivity index (χ4v) is 2.43. The summed E-state index contributed by atoms with van der Waals surface area (Å²) < 4.78 is 5.65. The van der Waals surface area contributed by atoms with Gasteiger partial charge in [-0.3, -0.25) is 4.79 Å². The number of ether oxygens (including phenoxy) is 1. The minimum Gasteiger partial charge on any atom is -0.378 e. The van der Waals surface area contributed by atoms with Crippen molar-refractivity contribution in [1.82, 2.24) is 4.90 Å². The van der Waals surface area contributed by atoms with Gasteiger partial charge in [0.1, 0.15) is 0 Å². The Kier molecular flexibility index (Phi) is 4.10. The zero-order valence-corrected chi connectivity index (χ0v) is 12.1. The van der Waals surface area contributed by atoms with E-state index in [0.717, 1.165) is 11.3 Å². The molecule has 0 radical (unpaired) electrons. The Morgan fingerprint density at radius 3 is 2.16 bits per heavy atom. The van der Waals surface area contributed by atoms with E-state index in [1.54, 1.807) is 0 Å². The molecule has 1 aromatic carbocycles. The van der Waals surface area contributed by atoms with Crippen LogP contribution in [0.15, 0.2) is 24.3 Å². The number of carbonyl (C=O) groups excluding carboxylic acids is 1. The van der Waals surface area contributed by atoms with Crippen molar-refractivity contribution in [3.63, 3.8) is 0 Å². The molecule has 1 amide bonds. The summed E-state index contributed by atoms with van der Waals surface area (Å²) in [4.78, 5) is 16.3. The average Bonchev–Trinajstić information content (AvgIpc) is 2.37. The van der Waals surface area contributed by atoms with Gasteiger partial charge in [-0.1, -0.05) is 0 Å². The SMILES string of the molecule is C[C@@H]1CN(C(=O)c2ccc(N(C)C)cc2)C[C@@H](C)O1. The van der Waals surface area contributed by atoms with Crippen LogP contribution in [0.25, 0.3) is 0 Å². The van der Waals surface area contributed by atoms with Crippen LogP contribution in [0.1, 0.15) is 24.2 Å². The smallest absolute Gasteiger partial charge is 0.254 e. The van der Waals surface area contributed by atoms with Crippen LogP contribution < -0.4 is 4.90 Å². The Bertz CT molecular complexity index is 432. The van der Waals surface area contributed by atoms with Gasteiger partial charge in [0, 0.05) is 38.4 Å².